The number of aromatic nitrogens is 4. The predicted molar refractivity (Wildman–Crippen MR) is 147 cm³/mol. The van der Waals surface area contributed by atoms with Crippen LogP contribution in [0.4, 0.5) is 0 Å². The van der Waals surface area contributed by atoms with Crippen LogP contribution in [0.3, 0.4) is 0 Å². The molecule has 202 valence electrons. The summed E-state index contributed by atoms with van der Waals surface area (Å²) in [6, 6.07) is 8.20. The van der Waals surface area contributed by atoms with Gasteiger partial charge < -0.3 is 19.8 Å². The molecule has 0 bridgehead atoms. The van der Waals surface area contributed by atoms with Crippen molar-refractivity contribution in [3.63, 3.8) is 0 Å². The number of aromatic amines is 2. The largest absolute Gasteiger partial charge is 0.348 e. The van der Waals surface area contributed by atoms with Crippen LogP contribution in [0.2, 0.25) is 0 Å². The summed E-state index contributed by atoms with van der Waals surface area (Å²) in [7, 11) is 0. The molecule has 2 N–H and O–H groups in total. The van der Waals surface area contributed by atoms with E-state index in [0.29, 0.717) is 18.5 Å². The van der Waals surface area contributed by atoms with E-state index in [-0.39, 0.29) is 5.91 Å². The standard InChI is InChI=1S/C30H41N7O/c38-29(37-18-11-30(23-37)9-16-35(17-10-30)19-24-3-1-2-4-24)26-7-5-25(6-8-26)20-36(21-27-31-12-13-32-27)22-28-33-14-15-34-28/h5-8,12-15,24H,1-4,9-11,16-23H2,(H,31,32)(H,33,34). The monoisotopic (exact) mass is 515 g/mol. The van der Waals surface area contributed by atoms with Gasteiger partial charge in [-0.05, 0) is 74.2 Å². The van der Waals surface area contributed by atoms with Crippen LogP contribution in [0.15, 0.2) is 49.1 Å². The van der Waals surface area contributed by atoms with Gasteiger partial charge in [0.15, 0.2) is 0 Å². The highest BCUT2D eigenvalue weighted by atomic mass is 16.2. The number of benzene rings is 1. The van der Waals surface area contributed by atoms with E-state index in [1.165, 1.54) is 63.7 Å². The van der Waals surface area contributed by atoms with Crippen LogP contribution >= 0.6 is 0 Å². The summed E-state index contributed by atoms with van der Waals surface area (Å²) in [5.74, 6) is 2.97. The summed E-state index contributed by atoms with van der Waals surface area (Å²) in [6.07, 6.45) is 16.6. The summed E-state index contributed by atoms with van der Waals surface area (Å²) >= 11 is 0. The SMILES string of the molecule is O=C(c1ccc(CN(Cc2ncc[nH]2)Cc2ncc[nH]2)cc1)N1CCC2(CCN(CC3CCCC3)CC2)C1. The minimum absolute atomic E-state index is 0.185. The molecule has 38 heavy (non-hydrogen) atoms. The van der Waals surface area contributed by atoms with Crippen LogP contribution in [-0.2, 0) is 19.6 Å². The number of nitrogens with zero attached hydrogens (tertiary/aromatic N) is 5. The highest BCUT2D eigenvalue weighted by Gasteiger charge is 2.42. The molecule has 0 unspecified atom stereocenters. The number of amides is 1. The zero-order valence-electron chi connectivity index (χ0n) is 22.4. The van der Waals surface area contributed by atoms with E-state index in [4.69, 9.17) is 0 Å². The number of hydrogen-bond acceptors (Lipinski definition) is 5. The second kappa shape index (κ2) is 11.4. The van der Waals surface area contributed by atoms with E-state index in [0.717, 1.165) is 49.2 Å². The Morgan fingerprint density at radius 3 is 2.13 bits per heavy atom. The molecule has 0 radical (unpaired) electrons. The second-order valence-corrected chi connectivity index (χ2v) is 11.8. The number of likely N-dealkylation sites (tertiary alicyclic amines) is 2. The molecule has 2 saturated heterocycles. The van der Waals surface area contributed by atoms with Crippen LogP contribution in [0, 0.1) is 11.3 Å². The van der Waals surface area contributed by atoms with Gasteiger partial charge in [0.2, 0.25) is 0 Å². The van der Waals surface area contributed by atoms with Gasteiger partial charge in [0, 0.05) is 56.5 Å². The number of H-pyrrole nitrogens is 2. The zero-order valence-corrected chi connectivity index (χ0v) is 22.4. The Balaban J connectivity index is 1.03. The Kier molecular flexibility index (Phi) is 7.60. The molecule has 2 aliphatic heterocycles. The number of piperidine rings is 1. The molecule has 4 heterocycles. The summed E-state index contributed by atoms with van der Waals surface area (Å²) < 4.78 is 0. The van der Waals surface area contributed by atoms with Crippen molar-refractivity contribution in [1.29, 1.82) is 0 Å². The van der Waals surface area contributed by atoms with Crippen molar-refractivity contribution < 1.29 is 4.79 Å². The molecule has 1 saturated carbocycles. The third-order valence-electron chi connectivity index (χ3n) is 9.10. The minimum atomic E-state index is 0.185. The molecular weight excluding hydrogens is 474 g/mol. The lowest BCUT2D eigenvalue weighted by atomic mass is 9.77. The van der Waals surface area contributed by atoms with Gasteiger partial charge in [0.1, 0.15) is 11.6 Å². The summed E-state index contributed by atoms with van der Waals surface area (Å²) in [5.41, 5.74) is 2.31. The van der Waals surface area contributed by atoms with Gasteiger partial charge in [-0.2, -0.15) is 0 Å². The average molecular weight is 516 g/mol. The Labute approximate surface area is 225 Å². The fraction of sp³-hybridized carbons (Fsp3) is 0.567. The number of carbonyl (C=O) groups is 1. The molecule has 1 aromatic carbocycles. The number of carbonyl (C=O) groups excluding carboxylic acids is 1. The maximum Gasteiger partial charge on any atom is 0.253 e. The van der Waals surface area contributed by atoms with Gasteiger partial charge in [-0.3, -0.25) is 9.69 Å². The summed E-state index contributed by atoms with van der Waals surface area (Å²) in [4.78, 5) is 35.7. The van der Waals surface area contributed by atoms with Crippen molar-refractivity contribution in [3.05, 3.63) is 71.8 Å². The molecule has 2 aromatic heterocycles. The lowest BCUT2D eigenvalue weighted by molar-refractivity contribution is 0.0704. The van der Waals surface area contributed by atoms with Gasteiger partial charge >= 0.3 is 0 Å². The fourth-order valence-corrected chi connectivity index (χ4v) is 6.84. The average Bonchev–Trinajstić information content (AvgIpc) is 3.75. The van der Waals surface area contributed by atoms with Crippen LogP contribution in [0.1, 0.15) is 72.5 Å². The van der Waals surface area contributed by atoms with Gasteiger partial charge in [0.05, 0.1) is 13.1 Å². The Morgan fingerprint density at radius 1 is 0.895 bits per heavy atom. The van der Waals surface area contributed by atoms with Crippen LogP contribution in [0.25, 0.3) is 0 Å². The van der Waals surface area contributed by atoms with Crippen molar-refractivity contribution in [3.8, 4) is 0 Å². The molecule has 8 nitrogen and oxygen atoms in total. The van der Waals surface area contributed by atoms with Crippen LogP contribution in [-0.4, -0.2) is 73.3 Å². The first-order valence-corrected chi connectivity index (χ1v) is 14.4. The molecule has 1 spiro atoms. The third-order valence-corrected chi connectivity index (χ3v) is 9.10. The molecule has 6 rings (SSSR count). The lowest BCUT2D eigenvalue weighted by Crippen LogP contribution is -2.43. The molecule has 0 atom stereocenters. The van der Waals surface area contributed by atoms with Crippen molar-refractivity contribution in [1.82, 2.24) is 34.6 Å². The number of hydrogen-bond donors (Lipinski definition) is 2. The highest BCUT2D eigenvalue weighted by molar-refractivity contribution is 5.94. The molecule has 1 amide bonds. The third kappa shape index (κ3) is 6.02. The maximum atomic E-state index is 13.4. The predicted octanol–water partition coefficient (Wildman–Crippen LogP) is 4.45. The first-order chi connectivity index (χ1) is 18.6. The van der Waals surface area contributed by atoms with Crippen LogP contribution < -0.4 is 0 Å². The smallest absolute Gasteiger partial charge is 0.253 e. The van der Waals surface area contributed by atoms with Gasteiger partial charge in [-0.1, -0.05) is 25.0 Å². The fourth-order valence-electron chi connectivity index (χ4n) is 6.84. The van der Waals surface area contributed by atoms with E-state index in [1.54, 1.807) is 12.4 Å². The molecule has 3 aliphatic rings. The van der Waals surface area contributed by atoms with E-state index in [9.17, 15) is 4.79 Å². The van der Waals surface area contributed by atoms with Crippen molar-refractivity contribution in [2.24, 2.45) is 11.3 Å². The Morgan fingerprint density at radius 2 is 1.53 bits per heavy atom. The van der Waals surface area contributed by atoms with E-state index in [2.05, 4.69) is 46.8 Å². The van der Waals surface area contributed by atoms with E-state index in [1.807, 2.05) is 24.5 Å². The molecule has 8 heteroatoms. The van der Waals surface area contributed by atoms with Crippen molar-refractivity contribution in [2.75, 3.05) is 32.7 Å². The van der Waals surface area contributed by atoms with E-state index >= 15 is 0 Å². The normalized spacial score (nSPS) is 20.2. The minimum Gasteiger partial charge on any atom is -0.348 e. The Bertz CT molecular complexity index is 1110. The number of nitrogens with one attached hydrogen (secondary N) is 2. The van der Waals surface area contributed by atoms with Gasteiger partial charge in [-0.15, -0.1) is 0 Å². The molecular formula is C30H41N7O. The van der Waals surface area contributed by atoms with Gasteiger partial charge in [-0.25, -0.2) is 9.97 Å². The second-order valence-electron chi connectivity index (χ2n) is 11.8. The quantitative estimate of drug-likeness (QED) is 0.440. The summed E-state index contributed by atoms with van der Waals surface area (Å²) in [6.45, 7) is 7.67. The lowest BCUT2D eigenvalue weighted by Gasteiger charge is -2.40. The highest BCUT2D eigenvalue weighted by Crippen LogP contribution is 2.41. The molecule has 3 fully saturated rings. The maximum absolute atomic E-state index is 13.4. The van der Waals surface area contributed by atoms with Crippen LogP contribution in [0.5, 0.6) is 0 Å². The van der Waals surface area contributed by atoms with Crippen molar-refractivity contribution in [2.45, 2.75) is 64.6 Å². The molecule has 1 aliphatic carbocycles. The van der Waals surface area contributed by atoms with E-state index < -0.39 is 0 Å². The molecule has 3 aromatic rings. The first-order valence-electron chi connectivity index (χ1n) is 14.4. The topological polar surface area (TPSA) is 84.1 Å². The number of imidazole rings is 2. The zero-order chi connectivity index (χ0) is 25.8. The number of rotatable bonds is 9. The summed E-state index contributed by atoms with van der Waals surface area (Å²) in [5, 5.41) is 0. The first kappa shape index (κ1) is 25.3. The Hall–Kier alpha value is -2.97. The van der Waals surface area contributed by atoms with Gasteiger partial charge in [0.25, 0.3) is 5.91 Å². The van der Waals surface area contributed by atoms with Crippen molar-refractivity contribution >= 4 is 5.91 Å².